The fourth-order valence-corrected chi connectivity index (χ4v) is 3.09. The largest absolute Gasteiger partial charge is 0.302 e. The molecule has 0 aliphatic carbocycles. The summed E-state index contributed by atoms with van der Waals surface area (Å²) < 4.78 is 0. The monoisotopic (exact) mass is 331 g/mol. The first-order valence-corrected chi connectivity index (χ1v) is 8.62. The average molecular weight is 331 g/mol. The molecule has 1 aromatic heterocycles. The van der Waals surface area contributed by atoms with E-state index in [1.165, 1.54) is 29.4 Å². The molecule has 1 aromatic carbocycles. The first-order valence-electron chi connectivity index (χ1n) is 7.74. The second kappa shape index (κ2) is 7.23. The number of benzene rings is 1. The lowest BCUT2D eigenvalue weighted by atomic mass is 9.87. The summed E-state index contributed by atoms with van der Waals surface area (Å²) in [6, 6.07) is 8.81. The SMILES string of the molecule is CC(=O)Nc1nc(CN(C)Cc2ccc(C(C)(C)C)cc2)cs1. The van der Waals surface area contributed by atoms with Gasteiger partial charge in [-0.1, -0.05) is 45.0 Å². The fourth-order valence-electron chi connectivity index (χ4n) is 2.34. The molecule has 0 spiro atoms. The summed E-state index contributed by atoms with van der Waals surface area (Å²) in [4.78, 5) is 17.7. The molecule has 0 unspecified atom stereocenters. The van der Waals surface area contributed by atoms with E-state index < -0.39 is 0 Å². The first kappa shape index (κ1) is 17.6. The van der Waals surface area contributed by atoms with Crippen molar-refractivity contribution in [1.82, 2.24) is 9.88 Å². The molecule has 1 amide bonds. The van der Waals surface area contributed by atoms with Gasteiger partial charge in [0.15, 0.2) is 5.13 Å². The minimum atomic E-state index is -0.0850. The number of carbonyl (C=O) groups excluding carboxylic acids is 1. The van der Waals surface area contributed by atoms with E-state index in [-0.39, 0.29) is 11.3 Å². The Balaban J connectivity index is 1.93. The number of rotatable bonds is 5. The highest BCUT2D eigenvalue weighted by molar-refractivity contribution is 7.13. The van der Waals surface area contributed by atoms with Gasteiger partial charge in [-0.25, -0.2) is 4.98 Å². The van der Waals surface area contributed by atoms with Crippen molar-refractivity contribution >= 4 is 22.4 Å². The van der Waals surface area contributed by atoms with Gasteiger partial charge < -0.3 is 5.32 Å². The number of hydrogen-bond acceptors (Lipinski definition) is 4. The number of hydrogen-bond donors (Lipinski definition) is 1. The van der Waals surface area contributed by atoms with Gasteiger partial charge in [-0.2, -0.15) is 0 Å². The zero-order valence-corrected chi connectivity index (χ0v) is 15.3. The molecule has 1 N–H and O–H groups in total. The molecule has 0 aliphatic rings. The smallest absolute Gasteiger partial charge is 0.223 e. The highest BCUT2D eigenvalue weighted by Gasteiger charge is 2.13. The van der Waals surface area contributed by atoms with Crippen molar-refractivity contribution in [3.8, 4) is 0 Å². The van der Waals surface area contributed by atoms with Crippen molar-refractivity contribution in [2.45, 2.75) is 46.2 Å². The molecule has 0 atom stereocenters. The molecule has 0 fully saturated rings. The van der Waals surface area contributed by atoms with Gasteiger partial charge in [0.25, 0.3) is 0 Å². The van der Waals surface area contributed by atoms with Gasteiger partial charge in [0.05, 0.1) is 5.69 Å². The van der Waals surface area contributed by atoms with Gasteiger partial charge in [0.2, 0.25) is 5.91 Å². The number of thiazole rings is 1. The van der Waals surface area contributed by atoms with Crippen LogP contribution in [0, 0.1) is 0 Å². The molecular weight excluding hydrogens is 306 g/mol. The molecule has 0 saturated carbocycles. The summed E-state index contributed by atoms with van der Waals surface area (Å²) in [5, 5.41) is 5.37. The van der Waals surface area contributed by atoms with Crippen molar-refractivity contribution < 1.29 is 4.79 Å². The van der Waals surface area contributed by atoms with E-state index in [0.29, 0.717) is 5.13 Å². The lowest BCUT2D eigenvalue weighted by Gasteiger charge is -2.20. The van der Waals surface area contributed by atoms with Crippen LogP contribution >= 0.6 is 11.3 Å². The molecule has 0 saturated heterocycles. The molecular formula is C18H25N3OS. The van der Waals surface area contributed by atoms with Crippen molar-refractivity contribution in [3.05, 3.63) is 46.5 Å². The first-order chi connectivity index (χ1) is 10.7. The van der Waals surface area contributed by atoms with E-state index in [0.717, 1.165) is 18.8 Å². The van der Waals surface area contributed by atoms with Crippen LogP contribution < -0.4 is 5.32 Å². The Bertz CT molecular complexity index is 656. The molecule has 4 nitrogen and oxygen atoms in total. The topological polar surface area (TPSA) is 45.2 Å². The van der Waals surface area contributed by atoms with E-state index >= 15 is 0 Å². The number of nitrogens with zero attached hydrogens (tertiary/aromatic N) is 2. The van der Waals surface area contributed by atoms with Crippen LogP contribution in [0.15, 0.2) is 29.6 Å². The van der Waals surface area contributed by atoms with Gasteiger partial charge >= 0.3 is 0 Å². The molecule has 2 aromatic rings. The van der Waals surface area contributed by atoms with Crippen molar-refractivity contribution in [2.75, 3.05) is 12.4 Å². The Morgan fingerprint density at radius 3 is 2.43 bits per heavy atom. The van der Waals surface area contributed by atoms with Gasteiger partial charge in [-0.15, -0.1) is 11.3 Å². The molecule has 23 heavy (non-hydrogen) atoms. The molecule has 0 bridgehead atoms. The van der Waals surface area contributed by atoms with Crippen LogP contribution in [-0.4, -0.2) is 22.8 Å². The van der Waals surface area contributed by atoms with Crippen molar-refractivity contribution in [3.63, 3.8) is 0 Å². The normalized spacial score (nSPS) is 11.7. The maximum atomic E-state index is 11.0. The van der Waals surface area contributed by atoms with Crippen LogP contribution in [-0.2, 0) is 23.3 Å². The van der Waals surface area contributed by atoms with E-state index in [9.17, 15) is 4.79 Å². The molecule has 0 radical (unpaired) electrons. The van der Waals surface area contributed by atoms with Crippen molar-refractivity contribution in [2.24, 2.45) is 0 Å². The average Bonchev–Trinajstić information content (AvgIpc) is 2.84. The van der Waals surface area contributed by atoms with E-state index in [1.807, 2.05) is 5.38 Å². The zero-order chi connectivity index (χ0) is 17.0. The lowest BCUT2D eigenvalue weighted by molar-refractivity contribution is -0.114. The van der Waals surface area contributed by atoms with E-state index in [1.54, 1.807) is 0 Å². The Labute approximate surface area is 142 Å². The van der Waals surface area contributed by atoms with Crippen LogP contribution in [0.5, 0.6) is 0 Å². The second-order valence-electron chi connectivity index (χ2n) is 6.94. The highest BCUT2D eigenvalue weighted by atomic mass is 32.1. The van der Waals surface area contributed by atoms with Crippen LogP contribution in [0.25, 0.3) is 0 Å². The molecule has 5 heteroatoms. The van der Waals surface area contributed by atoms with E-state index in [2.05, 4.69) is 67.3 Å². The Morgan fingerprint density at radius 2 is 1.87 bits per heavy atom. The zero-order valence-electron chi connectivity index (χ0n) is 14.5. The predicted molar refractivity (Wildman–Crippen MR) is 96.7 cm³/mol. The second-order valence-corrected chi connectivity index (χ2v) is 7.80. The van der Waals surface area contributed by atoms with Crippen LogP contribution in [0.4, 0.5) is 5.13 Å². The molecule has 1 heterocycles. The Morgan fingerprint density at radius 1 is 1.22 bits per heavy atom. The minimum Gasteiger partial charge on any atom is -0.302 e. The van der Waals surface area contributed by atoms with Gasteiger partial charge in [0, 0.05) is 25.4 Å². The third-order valence-electron chi connectivity index (χ3n) is 3.54. The van der Waals surface area contributed by atoms with Gasteiger partial charge in [0.1, 0.15) is 0 Å². The molecule has 2 rings (SSSR count). The van der Waals surface area contributed by atoms with Crippen LogP contribution in [0.1, 0.15) is 44.5 Å². The van der Waals surface area contributed by atoms with Crippen LogP contribution in [0.3, 0.4) is 0 Å². The number of nitrogens with one attached hydrogen (secondary N) is 1. The van der Waals surface area contributed by atoms with Crippen molar-refractivity contribution in [1.29, 1.82) is 0 Å². The highest BCUT2D eigenvalue weighted by Crippen LogP contribution is 2.23. The van der Waals surface area contributed by atoms with Gasteiger partial charge in [-0.3, -0.25) is 9.69 Å². The maximum Gasteiger partial charge on any atom is 0.223 e. The quantitative estimate of drug-likeness (QED) is 0.899. The maximum absolute atomic E-state index is 11.0. The number of carbonyl (C=O) groups is 1. The number of aromatic nitrogens is 1. The van der Waals surface area contributed by atoms with Gasteiger partial charge in [-0.05, 0) is 23.6 Å². The Kier molecular flexibility index (Phi) is 5.55. The minimum absolute atomic E-state index is 0.0850. The summed E-state index contributed by atoms with van der Waals surface area (Å²) in [5.74, 6) is -0.0850. The molecule has 0 aliphatic heterocycles. The summed E-state index contributed by atoms with van der Waals surface area (Å²) in [5.41, 5.74) is 3.80. The third kappa shape index (κ3) is 5.44. The summed E-state index contributed by atoms with van der Waals surface area (Å²) in [6.07, 6.45) is 0. The fraction of sp³-hybridized carbons (Fsp3) is 0.444. The summed E-state index contributed by atoms with van der Waals surface area (Å²) in [6.45, 7) is 9.80. The summed E-state index contributed by atoms with van der Waals surface area (Å²) in [7, 11) is 2.08. The summed E-state index contributed by atoms with van der Waals surface area (Å²) >= 11 is 1.46. The standard InChI is InChI=1S/C18H25N3OS/c1-13(22)19-17-20-16(12-23-17)11-21(5)10-14-6-8-15(9-7-14)18(2,3)4/h6-9,12H,10-11H2,1-5H3,(H,19,20,22). The van der Waals surface area contributed by atoms with Crippen LogP contribution in [0.2, 0.25) is 0 Å². The lowest BCUT2D eigenvalue weighted by Crippen LogP contribution is -2.18. The number of anilines is 1. The predicted octanol–water partition coefficient (Wildman–Crippen LogP) is 4.03. The molecule has 124 valence electrons. The van der Waals surface area contributed by atoms with E-state index in [4.69, 9.17) is 0 Å². The number of amides is 1. The Hall–Kier alpha value is -1.72. The third-order valence-corrected chi connectivity index (χ3v) is 4.35.